The minimum Gasteiger partial charge on any atom is -0.507 e. The molecule has 10 heteroatoms. The largest absolute Gasteiger partial charge is 0.507 e. The van der Waals surface area contributed by atoms with Gasteiger partial charge in [0.1, 0.15) is 5.75 Å². The van der Waals surface area contributed by atoms with Gasteiger partial charge in [-0.15, -0.1) is 0 Å². The van der Waals surface area contributed by atoms with Crippen LogP contribution in [-0.2, 0) is 19.2 Å². The molecule has 2 aromatic rings. The van der Waals surface area contributed by atoms with Crippen molar-refractivity contribution in [1.82, 2.24) is 0 Å². The van der Waals surface area contributed by atoms with E-state index >= 15 is 0 Å². The molecule has 2 fully saturated rings. The lowest BCUT2D eigenvalue weighted by molar-refractivity contribution is -0.185. The SMILES string of the molecule is NC(=O)C1C(=O)CC2C(O)C3C(=Cc4ccc(Cl)cc4)c4cccc(O)c4C(=O)C3C(=O)C2(O)C1=O. The molecule has 6 unspecified atom stereocenters. The van der Waals surface area contributed by atoms with Gasteiger partial charge in [0, 0.05) is 23.3 Å². The highest BCUT2D eigenvalue weighted by molar-refractivity contribution is 6.32. The number of phenolic OH excluding ortho intramolecular Hbond substituents is 1. The Morgan fingerprint density at radius 1 is 1.06 bits per heavy atom. The number of rotatable bonds is 2. The molecule has 9 nitrogen and oxygen atoms in total. The van der Waals surface area contributed by atoms with Crippen LogP contribution in [0, 0.1) is 23.7 Å². The number of ketones is 4. The van der Waals surface area contributed by atoms with Gasteiger partial charge in [-0.3, -0.25) is 24.0 Å². The first-order valence-electron chi connectivity index (χ1n) is 11.1. The molecule has 0 saturated heterocycles. The van der Waals surface area contributed by atoms with Crippen molar-refractivity contribution in [3.8, 4) is 5.75 Å². The number of nitrogens with two attached hydrogens (primary N) is 1. The summed E-state index contributed by atoms with van der Waals surface area (Å²) in [7, 11) is 0. The van der Waals surface area contributed by atoms with Crippen LogP contribution in [0.2, 0.25) is 5.02 Å². The van der Waals surface area contributed by atoms with E-state index in [9.17, 15) is 39.3 Å². The van der Waals surface area contributed by atoms with Crippen molar-refractivity contribution >= 4 is 52.3 Å². The van der Waals surface area contributed by atoms with Gasteiger partial charge in [0.15, 0.2) is 34.7 Å². The number of aliphatic hydroxyl groups is 2. The minimum absolute atomic E-state index is 0.202. The van der Waals surface area contributed by atoms with Crippen molar-refractivity contribution in [3.05, 3.63) is 64.2 Å². The Balaban J connectivity index is 1.74. The fourth-order valence-electron chi connectivity index (χ4n) is 5.77. The summed E-state index contributed by atoms with van der Waals surface area (Å²) in [4.78, 5) is 64.8. The predicted molar refractivity (Wildman–Crippen MR) is 126 cm³/mol. The second-order valence-corrected chi connectivity index (χ2v) is 9.75. The third kappa shape index (κ3) is 3.20. The van der Waals surface area contributed by atoms with Crippen molar-refractivity contribution in [1.29, 1.82) is 0 Å². The Labute approximate surface area is 209 Å². The summed E-state index contributed by atoms with van der Waals surface area (Å²) in [5.74, 6) is -12.9. The molecule has 2 saturated carbocycles. The van der Waals surface area contributed by atoms with Crippen LogP contribution in [0.1, 0.15) is 27.9 Å². The lowest BCUT2D eigenvalue weighted by Crippen LogP contribution is -2.72. The highest BCUT2D eigenvalue weighted by Crippen LogP contribution is 2.54. The number of carbonyl (C=O) groups is 5. The topological polar surface area (TPSA) is 172 Å². The Morgan fingerprint density at radius 3 is 2.36 bits per heavy atom. The third-order valence-corrected chi connectivity index (χ3v) is 7.69. The first kappa shape index (κ1) is 24.1. The highest BCUT2D eigenvalue weighted by Gasteiger charge is 2.69. The molecule has 1 amide bonds. The first-order valence-corrected chi connectivity index (χ1v) is 11.5. The third-order valence-electron chi connectivity index (χ3n) is 7.43. The van der Waals surface area contributed by atoms with Gasteiger partial charge >= 0.3 is 0 Å². The summed E-state index contributed by atoms with van der Waals surface area (Å²) >= 11 is 5.97. The normalized spacial score (nSPS) is 32.6. The summed E-state index contributed by atoms with van der Waals surface area (Å²) in [6, 6.07) is 10.9. The molecule has 0 aliphatic heterocycles. The number of amides is 1. The van der Waals surface area contributed by atoms with E-state index in [1.807, 2.05) is 0 Å². The second-order valence-electron chi connectivity index (χ2n) is 9.32. The van der Waals surface area contributed by atoms with E-state index in [1.54, 1.807) is 36.4 Å². The van der Waals surface area contributed by atoms with Crippen molar-refractivity contribution < 1.29 is 39.3 Å². The van der Waals surface area contributed by atoms with E-state index in [2.05, 4.69) is 0 Å². The van der Waals surface area contributed by atoms with Crippen LogP contribution in [-0.4, -0.2) is 56.1 Å². The number of halogens is 1. The number of phenols is 1. The maximum atomic E-state index is 13.7. The van der Waals surface area contributed by atoms with Gasteiger partial charge < -0.3 is 21.1 Å². The van der Waals surface area contributed by atoms with Crippen LogP contribution in [0.25, 0.3) is 11.6 Å². The minimum atomic E-state index is -2.98. The molecule has 0 heterocycles. The summed E-state index contributed by atoms with van der Waals surface area (Å²) in [5, 5.41) is 33.8. The van der Waals surface area contributed by atoms with Gasteiger partial charge in [-0.05, 0) is 34.9 Å². The standard InChI is InChI=1S/C26H20ClNO8/c27-11-6-4-10(5-7-11)8-13-12-2-1-3-15(29)17(12)22(32)20-18(13)21(31)14-9-16(30)19(25(28)35)23(33)26(14,36)24(20)34/h1-8,14,18-21,29,31,36H,9H2,(H2,28,35). The van der Waals surface area contributed by atoms with E-state index in [0.717, 1.165) is 0 Å². The Hall–Kier alpha value is -3.66. The monoisotopic (exact) mass is 509 g/mol. The molecule has 5 N–H and O–H groups in total. The molecule has 5 rings (SSSR count). The number of carbonyl (C=O) groups excluding carboxylic acids is 5. The van der Waals surface area contributed by atoms with Crippen LogP contribution in [0.5, 0.6) is 5.75 Å². The molecule has 6 atom stereocenters. The maximum Gasteiger partial charge on any atom is 0.235 e. The van der Waals surface area contributed by atoms with Crippen molar-refractivity contribution in [2.75, 3.05) is 0 Å². The number of aliphatic hydroxyl groups excluding tert-OH is 1. The van der Waals surface area contributed by atoms with Crippen LogP contribution in [0.15, 0.2) is 42.5 Å². The Bertz CT molecular complexity index is 1400. The zero-order valence-electron chi connectivity index (χ0n) is 18.6. The number of hydrogen-bond acceptors (Lipinski definition) is 8. The number of benzene rings is 2. The van der Waals surface area contributed by atoms with E-state index in [-0.39, 0.29) is 11.1 Å². The number of hydrogen-bond donors (Lipinski definition) is 4. The number of primary amides is 1. The molecular formula is C26H20ClNO8. The van der Waals surface area contributed by atoms with E-state index in [1.165, 1.54) is 12.1 Å². The smallest absolute Gasteiger partial charge is 0.235 e. The molecule has 36 heavy (non-hydrogen) atoms. The Morgan fingerprint density at radius 2 is 1.72 bits per heavy atom. The fraction of sp³-hybridized carbons (Fsp3) is 0.269. The van der Waals surface area contributed by atoms with Gasteiger partial charge in [0.05, 0.1) is 17.6 Å². The number of fused-ring (bicyclic) bond motifs is 3. The van der Waals surface area contributed by atoms with Crippen LogP contribution >= 0.6 is 11.6 Å². The Kier molecular flexibility index (Phi) is 5.47. The van der Waals surface area contributed by atoms with E-state index in [4.69, 9.17) is 17.3 Å². The summed E-state index contributed by atoms with van der Waals surface area (Å²) in [5.41, 5.74) is 3.17. The van der Waals surface area contributed by atoms with E-state index in [0.29, 0.717) is 16.2 Å². The highest BCUT2D eigenvalue weighted by atomic mass is 35.5. The first-order chi connectivity index (χ1) is 17.0. The molecule has 0 aromatic heterocycles. The summed E-state index contributed by atoms with van der Waals surface area (Å²) < 4.78 is 0. The summed E-state index contributed by atoms with van der Waals surface area (Å²) in [6.45, 7) is 0. The molecule has 3 aliphatic rings. The molecule has 0 bridgehead atoms. The lowest BCUT2D eigenvalue weighted by Gasteiger charge is -2.51. The molecular weight excluding hydrogens is 490 g/mol. The summed E-state index contributed by atoms with van der Waals surface area (Å²) in [6.07, 6.45) is -0.753. The maximum absolute atomic E-state index is 13.7. The quantitative estimate of drug-likeness (QED) is 0.433. The average molecular weight is 510 g/mol. The zero-order valence-corrected chi connectivity index (χ0v) is 19.3. The van der Waals surface area contributed by atoms with Crippen molar-refractivity contribution in [2.24, 2.45) is 29.4 Å². The average Bonchev–Trinajstić information content (AvgIpc) is 2.82. The number of Topliss-reactive ketones (excluding diaryl/α,β-unsaturated/α-hetero) is 4. The van der Waals surface area contributed by atoms with Gasteiger partial charge in [-0.25, -0.2) is 0 Å². The predicted octanol–water partition coefficient (Wildman–Crippen LogP) is 0.949. The van der Waals surface area contributed by atoms with Gasteiger partial charge in [0.2, 0.25) is 5.91 Å². The van der Waals surface area contributed by atoms with Crippen LogP contribution in [0.4, 0.5) is 0 Å². The van der Waals surface area contributed by atoms with E-state index < -0.39 is 76.6 Å². The van der Waals surface area contributed by atoms with Gasteiger partial charge in [-0.2, -0.15) is 0 Å². The van der Waals surface area contributed by atoms with Crippen molar-refractivity contribution in [3.63, 3.8) is 0 Å². The van der Waals surface area contributed by atoms with Gasteiger partial charge in [-0.1, -0.05) is 41.9 Å². The second kappa shape index (κ2) is 8.19. The molecule has 184 valence electrons. The molecule has 0 spiro atoms. The molecule has 3 aliphatic carbocycles. The molecule has 2 aromatic carbocycles. The fourth-order valence-corrected chi connectivity index (χ4v) is 5.90. The van der Waals surface area contributed by atoms with Crippen LogP contribution < -0.4 is 5.73 Å². The number of aromatic hydroxyl groups is 1. The molecule has 0 radical (unpaired) electrons. The van der Waals surface area contributed by atoms with Gasteiger partial charge in [0.25, 0.3) is 0 Å². The van der Waals surface area contributed by atoms with Crippen molar-refractivity contribution in [2.45, 2.75) is 18.1 Å². The lowest BCUT2D eigenvalue weighted by atomic mass is 9.51. The zero-order chi connectivity index (χ0) is 26.1. The van der Waals surface area contributed by atoms with Crippen LogP contribution in [0.3, 0.4) is 0 Å².